The molecule has 0 spiro atoms. The first-order valence-corrected chi connectivity index (χ1v) is 7.10. The molecule has 4 nitrogen and oxygen atoms in total. The summed E-state index contributed by atoms with van der Waals surface area (Å²) in [4.78, 5) is 24.4. The fraction of sp³-hybridized carbons (Fsp3) is 0.0667. The average Bonchev–Trinajstić information content (AvgIpc) is 2.46. The van der Waals surface area contributed by atoms with Crippen molar-refractivity contribution < 1.29 is 14.3 Å². The Hall–Kier alpha value is -1.27. The largest absolute Gasteiger partial charge is 0.478 e. The van der Waals surface area contributed by atoms with Gasteiger partial charge in [-0.1, -0.05) is 0 Å². The summed E-state index contributed by atoms with van der Waals surface area (Å²) in [6.07, 6.45) is 1.93. The minimum absolute atomic E-state index is 0. The molecular weight excluding hydrogens is 299 g/mol. The maximum absolute atomic E-state index is 12.4. The molecule has 101 valence electrons. The van der Waals surface area contributed by atoms with Gasteiger partial charge in [0.1, 0.15) is 11.2 Å². The Labute approximate surface area is 146 Å². The van der Waals surface area contributed by atoms with Gasteiger partial charge in [0.15, 0.2) is 0 Å². The van der Waals surface area contributed by atoms with Gasteiger partial charge in [0.2, 0.25) is 5.43 Å². The normalized spacial score (nSPS) is 10.5. The van der Waals surface area contributed by atoms with Gasteiger partial charge in [-0.3, -0.25) is 4.79 Å². The topological polar surface area (TPSA) is 67.5 Å². The molecule has 2 aromatic carbocycles. The molecule has 0 saturated carbocycles. The van der Waals surface area contributed by atoms with E-state index in [1.54, 1.807) is 23.9 Å². The first-order chi connectivity index (χ1) is 9.60. The van der Waals surface area contributed by atoms with Gasteiger partial charge in [0.05, 0.1) is 16.3 Å². The van der Waals surface area contributed by atoms with Crippen LogP contribution in [0.15, 0.2) is 50.5 Å². The Morgan fingerprint density at radius 1 is 1.10 bits per heavy atom. The number of rotatable bonds is 2. The summed E-state index contributed by atoms with van der Waals surface area (Å²) in [6, 6.07) is 9.66. The number of benzene rings is 2. The quantitative estimate of drug-likeness (QED) is 0.448. The number of fused-ring (bicyclic) bond motifs is 2. The minimum Gasteiger partial charge on any atom is -0.478 e. The van der Waals surface area contributed by atoms with Gasteiger partial charge in [-0.15, -0.1) is 11.8 Å². The monoisotopic (exact) mass is 309 g/mol. The summed E-state index contributed by atoms with van der Waals surface area (Å²) < 4.78 is 5.64. The predicted molar refractivity (Wildman–Crippen MR) is 84.5 cm³/mol. The van der Waals surface area contributed by atoms with Gasteiger partial charge < -0.3 is 9.52 Å². The Bertz CT molecular complexity index is 901. The van der Waals surface area contributed by atoms with Gasteiger partial charge in [0.25, 0.3) is 0 Å². The molecule has 21 heavy (non-hydrogen) atoms. The Morgan fingerprint density at radius 3 is 2.52 bits per heavy atom. The number of hydrogen-bond acceptors (Lipinski definition) is 4. The molecule has 3 rings (SSSR count). The van der Waals surface area contributed by atoms with Crippen molar-refractivity contribution in [2.24, 2.45) is 0 Å². The standard InChI is InChI=1S/C15H10O4S.Na/c1-20-9-3-5-12-11(7-9)14(16)10-4-2-8(15(17)18)6-13(10)19-12;/h2-7H,1H3,(H,17,18);. The van der Waals surface area contributed by atoms with Crippen LogP contribution in [0.1, 0.15) is 10.4 Å². The maximum Gasteiger partial charge on any atom is 0.335 e. The molecule has 6 heteroatoms. The molecular formula is C15H10NaO4S. The summed E-state index contributed by atoms with van der Waals surface area (Å²) in [6.45, 7) is 0. The van der Waals surface area contributed by atoms with Crippen molar-refractivity contribution in [2.75, 3.05) is 6.26 Å². The number of hydrogen-bond donors (Lipinski definition) is 1. The Morgan fingerprint density at radius 2 is 1.86 bits per heavy atom. The van der Waals surface area contributed by atoms with Crippen LogP contribution in [0.5, 0.6) is 0 Å². The van der Waals surface area contributed by atoms with Crippen molar-refractivity contribution in [3.63, 3.8) is 0 Å². The molecule has 1 aromatic heterocycles. The van der Waals surface area contributed by atoms with Crippen LogP contribution >= 0.6 is 11.8 Å². The fourth-order valence-corrected chi connectivity index (χ4v) is 2.53. The van der Waals surface area contributed by atoms with Crippen molar-refractivity contribution in [1.29, 1.82) is 0 Å². The third-order valence-electron chi connectivity index (χ3n) is 3.12. The zero-order chi connectivity index (χ0) is 14.3. The number of carbonyl (C=O) groups is 1. The number of aromatic carboxylic acids is 1. The SMILES string of the molecule is CSc1ccc2oc3cc(C(=O)O)ccc3c(=O)c2c1.[Na]. The van der Waals surface area contributed by atoms with E-state index in [0.717, 1.165) is 4.90 Å². The van der Waals surface area contributed by atoms with E-state index in [9.17, 15) is 9.59 Å². The molecule has 0 bridgehead atoms. The molecule has 3 aromatic rings. The van der Waals surface area contributed by atoms with E-state index in [-0.39, 0.29) is 40.5 Å². The van der Waals surface area contributed by atoms with Crippen LogP contribution in [0, 0.1) is 0 Å². The van der Waals surface area contributed by atoms with Gasteiger partial charge in [0, 0.05) is 34.5 Å². The fourth-order valence-electron chi connectivity index (χ4n) is 2.09. The average molecular weight is 309 g/mol. The molecule has 0 saturated heterocycles. The molecule has 0 aliphatic heterocycles. The molecule has 1 N–H and O–H groups in total. The van der Waals surface area contributed by atoms with E-state index in [0.29, 0.717) is 21.9 Å². The van der Waals surface area contributed by atoms with E-state index in [2.05, 4.69) is 0 Å². The number of carboxylic acid groups (broad SMARTS) is 1. The number of thioether (sulfide) groups is 1. The zero-order valence-electron chi connectivity index (χ0n) is 11.5. The van der Waals surface area contributed by atoms with Crippen LogP contribution in [-0.4, -0.2) is 46.9 Å². The second-order valence-electron chi connectivity index (χ2n) is 4.31. The summed E-state index contributed by atoms with van der Waals surface area (Å²) in [7, 11) is 0. The van der Waals surface area contributed by atoms with Crippen molar-refractivity contribution in [3.05, 3.63) is 52.2 Å². The molecule has 1 heterocycles. The smallest absolute Gasteiger partial charge is 0.335 e. The molecule has 0 unspecified atom stereocenters. The van der Waals surface area contributed by atoms with Crippen LogP contribution in [0.25, 0.3) is 21.9 Å². The predicted octanol–water partition coefficient (Wildman–Crippen LogP) is 2.99. The molecule has 0 aliphatic rings. The summed E-state index contributed by atoms with van der Waals surface area (Å²) in [5.41, 5.74) is 0.706. The first kappa shape index (κ1) is 16.1. The van der Waals surface area contributed by atoms with E-state index in [1.807, 2.05) is 12.3 Å². The second-order valence-corrected chi connectivity index (χ2v) is 5.19. The van der Waals surface area contributed by atoms with Gasteiger partial charge in [-0.2, -0.15) is 0 Å². The van der Waals surface area contributed by atoms with Gasteiger partial charge in [-0.25, -0.2) is 4.79 Å². The van der Waals surface area contributed by atoms with Crippen LogP contribution in [0.4, 0.5) is 0 Å². The van der Waals surface area contributed by atoms with Gasteiger partial charge >= 0.3 is 5.97 Å². The molecule has 0 fully saturated rings. The van der Waals surface area contributed by atoms with Crippen LogP contribution in [0.2, 0.25) is 0 Å². The van der Waals surface area contributed by atoms with Crippen LogP contribution < -0.4 is 5.43 Å². The maximum atomic E-state index is 12.4. The van der Waals surface area contributed by atoms with E-state index < -0.39 is 5.97 Å². The van der Waals surface area contributed by atoms with Crippen LogP contribution in [-0.2, 0) is 0 Å². The Kier molecular flexibility index (Phi) is 4.78. The zero-order valence-corrected chi connectivity index (χ0v) is 14.4. The first-order valence-electron chi connectivity index (χ1n) is 5.88. The molecule has 0 aliphatic carbocycles. The van der Waals surface area contributed by atoms with Gasteiger partial charge in [-0.05, 0) is 42.7 Å². The molecule has 0 amide bonds. The molecule has 0 atom stereocenters. The molecule has 1 radical (unpaired) electrons. The summed E-state index contributed by atoms with van der Waals surface area (Å²) >= 11 is 1.55. The van der Waals surface area contributed by atoms with Crippen molar-refractivity contribution >= 4 is 69.2 Å². The van der Waals surface area contributed by atoms with E-state index in [4.69, 9.17) is 9.52 Å². The van der Waals surface area contributed by atoms with Crippen molar-refractivity contribution in [3.8, 4) is 0 Å². The van der Waals surface area contributed by atoms with E-state index >= 15 is 0 Å². The van der Waals surface area contributed by atoms with Crippen molar-refractivity contribution in [2.45, 2.75) is 4.90 Å². The summed E-state index contributed by atoms with van der Waals surface area (Å²) in [5, 5.41) is 9.87. The second kappa shape index (κ2) is 6.23. The Balaban J connectivity index is 0.00000161. The third-order valence-corrected chi connectivity index (χ3v) is 3.85. The van der Waals surface area contributed by atoms with Crippen LogP contribution in [0.3, 0.4) is 0 Å². The third kappa shape index (κ3) is 2.87. The van der Waals surface area contributed by atoms with E-state index in [1.165, 1.54) is 18.2 Å². The summed E-state index contributed by atoms with van der Waals surface area (Å²) in [5.74, 6) is -1.05. The minimum atomic E-state index is -1.05. The van der Waals surface area contributed by atoms with Crippen molar-refractivity contribution in [1.82, 2.24) is 0 Å². The number of carboxylic acids is 1.